The van der Waals surface area contributed by atoms with E-state index < -0.39 is 12.1 Å². The number of benzene rings is 1. The van der Waals surface area contributed by atoms with Gasteiger partial charge < -0.3 is 15.0 Å². The lowest BCUT2D eigenvalue weighted by Gasteiger charge is -2.19. The first-order valence-electron chi connectivity index (χ1n) is 8.72. The van der Waals surface area contributed by atoms with Gasteiger partial charge in [0, 0.05) is 23.1 Å². The summed E-state index contributed by atoms with van der Waals surface area (Å²) in [5.74, 6) is -0.689. The maximum Gasteiger partial charge on any atom is 0.341 e. The molecule has 1 fully saturated rings. The Bertz CT molecular complexity index is 714. The zero-order valence-corrected chi connectivity index (χ0v) is 14.0. The predicted molar refractivity (Wildman–Crippen MR) is 92.8 cm³/mol. The van der Waals surface area contributed by atoms with Crippen molar-refractivity contribution in [1.29, 1.82) is 0 Å². The van der Waals surface area contributed by atoms with E-state index in [1.165, 1.54) is 12.8 Å². The van der Waals surface area contributed by atoms with E-state index in [0.717, 1.165) is 36.6 Å². The third-order valence-corrected chi connectivity index (χ3v) is 4.66. The Balaban J connectivity index is 1.60. The number of rotatable bonds is 4. The fraction of sp³-hybridized carbons (Fsp3) is 0.474. The van der Waals surface area contributed by atoms with Gasteiger partial charge in [-0.2, -0.15) is 0 Å². The van der Waals surface area contributed by atoms with Gasteiger partial charge in [-0.15, -0.1) is 0 Å². The number of amides is 1. The number of hydrogen-bond acceptors (Lipinski definition) is 3. The van der Waals surface area contributed by atoms with Crippen molar-refractivity contribution in [3.8, 4) is 0 Å². The van der Waals surface area contributed by atoms with Crippen molar-refractivity contribution in [1.82, 2.24) is 10.3 Å². The fourth-order valence-corrected chi connectivity index (χ4v) is 3.26. The normalized spacial score (nSPS) is 17.2. The van der Waals surface area contributed by atoms with Crippen molar-refractivity contribution in [3.63, 3.8) is 0 Å². The minimum Gasteiger partial charge on any atom is -0.449 e. The minimum absolute atomic E-state index is 0.203. The second-order valence-corrected chi connectivity index (χ2v) is 6.49. The molecular formula is C19H24N2O3. The SMILES string of the molecule is C[C@@H](OC(=O)c1c[nH]c2ccccc12)C(=O)NC1CCCCCC1. The molecule has 1 saturated carbocycles. The highest BCUT2D eigenvalue weighted by Gasteiger charge is 2.23. The lowest BCUT2D eigenvalue weighted by Crippen LogP contribution is -2.41. The summed E-state index contributed by atoms with van der Waals surface area (Å²) in [7, 11) is 0. The molecule has 1 heterocycles. The van der Waals surface area contributed by atoms with Gasteiger partial charge in [0.25, 0.3) is 5.91 Å². The van der Waals surface area contributed by atoms with Crippen LogP contribution in [0.25, 0.3) is 10.9 Å². The van der Waals surface area contributed by atoms with Crippen molar-refractivity contribution >= 4 is 22.8 Å². The van der Waals surface area contributed by atoms with Gasteiger partial charge in [0.05, 0.1) is 5.56 Å². The molecular weight excluding hydrogens is 304 g/mol. The van der Waals surface area contributed by atoms with Crippen molar-refractivity contribution in [2.24, 2.45) is 0 Å². The number of carbonyl (C=O) groups is 2. The van der Waals surface area contributed by atoms with E-state index in [0.29, 0.717) is 5.56 Å². The fourth-order valence-electron chi connectivity index (χ4n) is 3.26. The molecule has 2 aromatic rings. The molecule has 5 nitrogen and oxygen atoms in total. The molecule has 0 bridgehead atoms. The highest BCUT2D eigenvalue weighted by Crippen LogP contribution is 2.20. The first-order chi connectivity index (χ1) is 11.6. The molecule has 24 heavy (non-hydrogen) atoms. The summed E-state index contributed by atoms with van der Waals surface area (Å²) in [4.78, 5) is 27.7. The maximum atomic E-state index is 12.4. The van der Waals surface area contributed by atoms with Gasteiger partial charge in [0.2, 0.25) is 0 Å². The summed E-state index contributed by atoms with van der Waals surface area (Å²) < 4.78 is 5.37. The quantitative estimate of drug-likeness (QED) is 0.666. The zero-order valence-electron chi connectivity index (χ0n) is 14.0. The Hall–Kier alpha value is -2.30. The summed E-state index contributed by atoms with van der Waals surface area (Å²) in [6, 6.07) is 7.73. The highest BCUT2D eigenvalue weighted by molar-refractivity contribution is 6.04. The van der Waals surface area contributed by atoms with Crippen LogP contribution in [-0.2, 0) is 9.53 Å². The second-order valence-electron chi connectivity index (χ2n) is 6.49. The average molecular weight is 328 g/mol. The number of carbonyl (C=O) groups excluding carboxylic acids is 2. The lowest BCUT2D eigenvalue weighted by atomic mass is 10.1. The molecule has 2 N–H and O–H groups in total. The number of aromatic amines is 1. The average Bonchev–Trinajstić information content (AvgIpc) is 2.85. The Morgan fingerprint density at radius 2 is 1.88 bits per heavy atom. The van der Waals surface area contributed by atoms with E-state index in [1.54, 1.807) is 13.1 Å². The van der Waals surface area contributed by atoms with E-state index >= 15 is 0 Å². The molecule has 0 spiro atoms. The molecule has 1 amide bonds. The number of para-hydroxylation sites is 1. The van der Waals surface area contributed by atoms with Gasteiger partial charge in [0.1, 0.15) is 0 Å². The van der Waals surface area contributed by atoms with Crippen LogP contribution in [-0.4, -0.2) is 29.0 Å². The standard InChI is InChI=1S/C19H24N2O3/c1-13(18(22)21-14-8-4-2-3-5-9-14)24-19(23)16-12-20-17-11-7-6-10-15(16)17/h6-7,10-14,20H,2-5,8-9H2,1H3,(H,21,22)/t13-/m1/s1. The monoisotopic (exact) mass is 328 g/mol. The van der Waals surface area contributed by atoms with E-state index in [-0.39, 0.29) is 11.9 Å². The predicted octanol–water partition coefficient (Wildman–Crippen LogP) is 3.55. The Labute approximate surface area is 141 Å². The minimum atomic E-state index is -0.797. The van der Waals surface area contributed by atoms with Gasteiger partial charge in [-0.05, 0) is 25.8 Å². The van der Waals surface area contributed by atoms with Crippen molar-refractivity contribution in [3.05, 3.63) is 36.0 Å². The summed E-state index contributed by atoms with van der Waals surface area (Å²) in [5.41, 5.74) is 1.33. The Morgan fingerprint density at radius 3 is 2.62 bits per heavy atom. The smallest absolute Gasteiger partial charge is 0.341 e. The van der Waals surface area contributed by atoms with Crippen LogP contribution < -0.4 is 5.32 Å². The molecule has 0 aliphatic heterocycles. The summed E-state index contributed by atoms with van der Waals surface area (Å²) in [6.45, 7) is 1.62. The molecule has 0 radical (unpaired) electrons. The molecule has 0 unspecified atom stereocenters. The van der Waals surface area contributed by atoms with Crippen LogP contribution in [0.2, 0.25) is 0 Å². The number of nitrogens with one attached hydrogen (secondary N) is 2. The Kier molecular flexibility index (Phi) is 5.18. The van der Waals surface area contributed by atoms with Crippen molar-refractivity contribution in [2.45, 2.75) is 57.6 Å². The number of fused-ring (bicyclic) bond motifs is 1. The molecule has 5 heteroatoms. The third-order valence-electron chi connectivity index (χ3n) is 4.66. The van der Waals surface area contributed by atoms with Gasteiger partial charge in [-0.3, -0.25) is 4.79 Å². The molecule has 1 atom stereocenters. The second kappa shape index (κ2) is 7.51. The van der Waals surface area contributed by atoms with E-state index in [4.69, 9.17) is 4.74 Å². The first kappa shape index (κ1) is 16.6. The highest BCUT2D eigenvalue weighted by atomic mass is 16.5. The number of hydrogen-bond donors (Lipinski definition) is 2. The molecule has 1 aromatic heterocycles. The van der Waals surface area contributed by atoms with Gasteiger partial charge in [-0.1, -0.05) is 43.9 Å². The van der Waals surface area contributed by atoms with E-state index in [1.807, 2.05) is 24.3 Å². The van der Waals surface area contributed by atoms with Crippen LogP contribution in [0.1, 0.15) is 55.8 Å². The van der Waals surface area contributed by atoms with Crippen LogP contribution >= 0.6 is 0 Å². The molecule has 3 rings (SSSR count). The van der Waals surface area contributed by atoms with Crippen LogP contribution in [0.4, 0.5) is 0 Å². The summed E-state index contributed by atoms with van der Waals surface area (Å²) in [5, 5.41) is 3.83. The number of ether oxygens (including phenoxy) is 1. The first-order valence-corrected chi connectivity index (χ1v) is 8.72. The molecule has 0 saturated heterocycles. The number of aromatic nitrogens is 1. The number of H-pyrrole nitrogens is 1. The topological polar surface area (TPSA) is 71.2 Å². The molecule has 1 aliphatic rings. The molecule has 128 valence electrons. The lowest BCUT2D eigenvalue weighted by molar-refractivity contribution is -0.129. The van der Waals surface area contributed by atoms with Gasteiger partial charge >= 0.3 is 5.97 Å². The van der Waals surface area contributed by atoms with Gasteiger partial charge in [-0.25, -0.2) is 4.79 Å². The van der Waals surface area contributed by atoms with Crippen LogP contribution in [0.3, 0.4) is 0 Å². The molecule has 1 aliphatic carbocycles. The largest absolute Gasteiger partial charge is 0.449 e. The van der Waals surface area contributed by atoms with E-state index in [9.17, 15) is 9.59 Å². The third kappa shape index (κ3) is 3.78. The zero-order chi connectivity index (χ0) is 16.9. The van der Waals surface area contributed by atoms with Crippen LogP contribution in [0.5, 0.6) is 0 Å². The van der Waals surface area contributed by atoms with Crippen molar-refractivity contribution in [2.75, 3.05) is 0 Å². The Morgan fingerprint density at radius 1 is 1.17 bits per heavy atom. The maximum absolute atomic E-state index is 12.4. The summed E-state index contributed by atoms with van der Waals surface area (Å²) in [6.07, 6.45) is 7.61. The van der Waals surface area contributed by atoms with Crippen LogP contribution in [0.15, 0.2) is 30.5 Å². The van der Waals surface area contributed by atoms with Gasteiger partial charge in [0.15, 0.2) is 6.10 Å². The van der Waals surface area contributed by atoms with Crippen molar-refractivity contribution < 1.29 is 14.3 Å². The van der Waals surface area contributed by atoms with Crippen LogP contribution in [0, 0.1) is 0 Å². The summed E-state index contributed by atoms with van der Waals surface area (Å²) >= 11 is 0. The number of esters is 1. The van der Waals surface area contributed by atoms with E-state index in [2.05, 4.69) is 10.3 Å². The molecule has 1 aromatic carbocycles.